The number of hydrogen-bond acceptors (Lipinski definition) is 3. The molecular weight excluding hydrogens is 353 g/mol. The number of nitrogens with zero attached hydrogens (tertiary/aromatic N) is 2. The molecule has 0 aliphatic rings. The molecule has 0 bridgehead atoms. The van der Waals surface area contributed by atoms with Gasteiger partial charge in [0.05, 0.1) is 22.5 Å². The molecular formula is C20H17F3N4. The third-order valence-corrected chi connectivity index (χ3v) is 3.83. The molecule has 2 aromatic carbocycles. The van der Waals surface area contributed by atoms with Crippen LogP contribution < -0.4 is 11.5 Å². The summed E-state index contributed by atoms with van der Waals surface area (Å²) in [5, 5.41) is 0.678. The lowest BCUT2D eigenvalue weighted by Gasteiger charge is -2.13. The van der Waals surface area contributed by atoms with Crippen LogP contribution in [0.25, 0.3) is 22.2 Å². The van der Waals surface area contributed by atoms with E-state index in [-0.39, 0.29) is 17.1 Å². The van der Waals surface area contributed by atoms with Gasteiger partial charge in [-0.1, -0.05) is 36.4 Å². The molecule has 7 heteroatoms. The summed E-state index contributed by atoms with van der Waals surface area (Å²) in [7, 11) is 0. The molecule has 0 atom stereocenters. The van der Waals surface area contributed by atoms with E-state index < -0.39 is 11.7 Å². The van der Waals surface area contributed by atoms with Crippen LogP contribution in [0.15, 0.2) is 71.4 Å². The minimum absolute atomic E-state index is 0.0173. The van der Waals surface area contributed by atoms with Gasteiger partial charge in [0.25, 0.3) is 0 Å². The minimum Gasteiger partial charge on any atom is -0.402 e. The van der Waals surface area contributed by atoms with Gasteiger partial charge >= 0.3 is 6.18 Å². The largest absolute Gasteiger partial charge is 0.417 e. The summed E-state index contributed by atoms with van der Waals surface area (Å²) in [6.45, 7) is 1.66. The zero-order chi connectivity index (χ0) is 19.6. The summed E-state index contributed by atoms with van der Waals surface area (Å²) in [6.07, 6.45) is -3.01. The summed E-state index contributed by atoms with van der Waals surface area (Å²) in [6, 6.07) is 13.9. The van der Waals surface area contributed by atoms with E-state index in [1.807, 2.05) is 0 Å². The van der Waals surface area contributed by atoms with E-state index >= 15 is 0 Å². The van der Waals surface area contributed by atoms with Crippen molar-refractivity contribution in [3.05, 3.63) is 71.9 Å². The van der Waals surface area contributed by atoms with Crippen molar-refractivity contribution in [2.45, 2.75) is 13.1 Å². The van der Waals surface area contributed by atoms with Gasteiger partial charge in [0.15, 0.2) is 0 Å². The van der Waals surface area contributed by atoms with Crippen molar-refractivity contribution in [3.8, 4) is 11.3 Å². The van der Waals surface area contributed by atoms with Crippen LogP contribution in [0.1, 0.15) is 12.5 Å². The summed E-state index contributed by atoms with van der Waals surface area (Å²) in [5.74, 6) is 0.154. The third-order valence-electron chi connectivity index (χ3n) is 3.83. The number of aliphatic imine (C=N–C) groups is 1. The summed E-state index contributed by atoms with van der Waals surface area (Å²) in [5.41, 5.74) is 12.3. The number of para-hydroxylation sites is 1. The van der Waals surface area contributed by atoms with Crippen LogP contribution in [0.4, 0.5) is 18.9 Å². The first-order chi connectivity index (χ1) is 12.8. The number of amidine groups is 1. The number of halogens is 3. The number of aromatic nitrogens is 1. The van der Waals surface area contributed by atoms with E-state index in [9.17, 15) is 13.2 Å². The number of benzene rings is 2. The molecule has 4 N–H and O–H groups in total. The number of alkyl halides is 3. The van der Waals surface area contributed by atoms with E-state index in [0.29, 0.717) is 22.3 Å². The van der Waals surface area contributed by atoms with Gasteiger partial charge in [-0.15, -0.1) is 0 Å². The standard InChI is InChI=1S/C20H17F3N4/c1-12(24)10-19(25)27-18-11-17(26-16-9-5-3-7-14(16)18)13-6-2-4-8-15(13)20(21,22)23/h2-11H,24H2,1H3,(H2,25,26,27)/b12-10-. The maximum Gasteiger partial charge on any atom is 0.417 e. The van der Waals surface area contributed by atoms with Gasteiger partial charge in [-0.05, 0) is 31.2 Å². The molecule has 0 amide bonds. The molecule has 0 saturated heterocycles. The minimum atomic E-state index is -4.49. The lowest BCUT2D eigenvalue weighted by molar-refractivity contribution is -0.137. The second kappa shape index (κ2) is 7.11. The van der Waals surface area contributed by atoms with Gasteiger partial charge in [0.1, 0.15) is 5.84 Å². The fourth-order valence-electron chi connectivity index (χ4n) is 2.75. The van der Waals surface area contributed by atoms with Crippen molar-refractivity contribution >= 4 is 22.4 Å². The van der Waals surface area contributed by atoms with Gasteiger partial charge < -0.3 is 11.5 Å². The normalized spacial score (nSPS) is 13.2. The van der Waals surface area contributed by atoms with E-state index in [2.05, 4.69) is 9.98 Å². The molecule has 27 heavy (non-hydrogen) atoms. The zero-order valence-electron chi connectivity index (χ0n) is 14.5. The number of rotatable bonds is 3. The van der Waals surface area contributed by atoms with Crippen molar-refractivity contribution in [2.24, 2.45) is 16.5 Å². The molecule has 0 saturated carbocycles. The topological polar surface area (TPSA) is 77.3 Å². The van der Waals surface area contributed by atoms with Crippen molar-refractivity contribution in [2.75, 3.05) is 0 Å². The van der Waals surface area contributed by atoms with Gasteiger partial charge in [0.2, 0.25) is 0 Å². The maximum absolute atomic E-state index is 13.4. The first-order valence-corrected chi connectivity index (χ1v) is 8.10. The van der Waals surface area contributed by atoms with E-state index in [1.165, 1.54) is 24.3 Å². The summed E-state index contributed by atoms with van der Waals surface area (Å²) in [4.78, 5) is 8.72. The average Bonchev–Trinajstić information content (AvgIpc) is 2.60. The lowest BCUT2D eigenvalue weighted by Crippen LogP contribution is -2.10. The highest BCUT2D eigenvalue weighted by Crippen LogP contribution is 2.38. The second-order valence-electron chi connectivity index (χ2n) is 6.01. The van der Waals surface area contributed by atoms with Crippen LogP contribution in [0.5, 0.6) is 0 Å². The molecule has 0 spiro atoms. The molecule has 1 heterocycles. The van der Waals surface area contributed by atoms with Crippen LogP contribution in [0.3, 0.4) is 0 Å². The Morgan fingerprint density at radius 2 is 1.70 bits per heavy atom. The second-order valence-corrected chi connectivity index (χ2v) is 6.01. The molecule has 0 fully saturated rings. The highest BCUT2D eigenvalue weighted by molar-refractivity contribution is 5.99. The lowest BCUT2D eigenvalue weighted by atomic mass is 10.0. The molecule has 138 valence electrons. The molecule has 0 radical (unpaired) electrons. The van der Waals surface area contributed by atoms with Crippen LogP contribution >= 0.6 is 0 Å². The fraction of sp³-hybridized carbons (Fsp3) is 0.100. The highest BCUT2D eigenvalue weighted by atomic mass is 19.4. The molecule has 1 aromatic heterocycles. The Labute approximate surface area is 154 Å². The Bertz CT molecular complexity index is 1050. The van der Waals surface area contributed by atoms with Crippen molar-refractivity contribution in [3.63, 3.8) is 0 Å². The van der Waals surface area contributed by atoms with Crippen molar-refractivity contribution in [1.29, 1.82) is 0 Å². The van der Waals surface area contributed by atoms with Crippen molar-refractivity contribution in [1.82, 2.24) is 4.98 Å². The number of fused-ring (bicyclic) bond motifs is 1. The van der Waals surface area contributed by atoms with Crippen LogP contribution in [0, 0.1) is 0 Å². The molecule has 4 nitrogen and oxygen atoms in total. The quantitative estimate of drug-likeness (QED) is 0.515. The number of hydrogen-bond donors (Lipinski definition) is 2. The molecule has 0 aliphatic heterocycles. The number of allylic oxidation sites excluding steroid dienone is 1. The van der Waals surface area contributed by atoms with Crippen LogP contribution in [-0.4, -0.2) is 10.8 Å². The first-order valence-electron chi connectivity index (χ1n) is 8.10. The number of nitrogens with two attached hydrogens (primary N) is 2. The Hall–Kier alpha value is -3.35. The molecule has 0 unspecified atom stereocenters. The molecule has 3 aromatic rings. The van der Waals surface area contributed by atoms with E-state index in [0.717, 1.165) is 6.07 Å². The van der Waals surface area contributed by atoms with Gasteiger partial charge in [0, 0.05) is 16.6 Å². The third kappa shape index (κ3) is 4.08. The molecule has 0 aliphatic carbocycles. The predicted molar refractivity (Wildman–Crippen MR) is 101 cm³/mol. The van der Waals surface area contributed by atoms with Gasteiger partial charge in [-0.25, -0.2) is 9.98 Å². The van der Waals surface area contributed by atoms with E-state index in [4.69, 9.17) is 11.5 Å². The van der Waals surface area contributed by atoms with Gasteiger partial charge in [-0.3, -0.25) is 0 Å². The summed E-state index contributed by atoms with van der Waals surface area (Å²) < 4.78 is 40.2. The summed E-state index contributed by atoms with van der Waals surface area (Å²) >= 11 is 0. The molecule has 3 rings (SSSR count). The average molecular weight is 370 g/mol. The zero-order valence-corrected chi connectivity index (χ0v) is 14.5. The highest BCUT2D eigenvalue weighted by Gasteiger charge is 2.33. The number of pyridine rings is 1. The Morgan fingerprint density at radius 3 is 2.41 bits per heavy atom. The Morgan fingerprint density at radius 1 is 1.04 bits per heavy atom. The van der Waals surface area contributed by atoms with Crippen molar-refractivity contribution < 1.29 is 13.2 Å². The van der Waals surface area contributed by atoms with E-state index in [1.54, 1.807) is 37.3 Å². The monoisotopic (exact) mass is 370 g/mol. The Kier molecular flexibility index (Phi) is 4.85. The SMILES string of the molecule is C/C(N)=C/C(N)=Nc1cc(-c2ccccc2C(F)(F)F)nc2ccccc12. The fourth-order valence-corrected chi connectivity index (χ4v) is 2.75. The van der Waals surface area contributed by atoms with Gasteiger partial charge in [-0.2, -0.15) is 13.2 Å². The van der Waals surface area contributed by atoms with Crippen LogP contribution in [-0.2, 0) is 6.18 Å². The first kappa shape index (κ1) is 18.4. The smallest absolute Gasteiger partial charge is 0.402 e. The maximum atomic E-state index is 13.4. The predicted octanol–water partition coefficient (Wildman–Crippen LogP) is 4.77. The van der Waals surface area contributed by atoms with Crippen LogP contribution in [0.2, 0.25) is 0 Å². The Balaban J connectivity index is 2.27.